The maximum atomic E-state index is 12.9. The molecular weight excluding hydrogens is 354 g/mol. The second-order valence-corrected chi connectivity index (χ2v) is 9.60. The quantitative estimate of drug-likeness (QED) is 0.824. The molecule has 0 amide bonds. The summed E-state index contributed by atoms with van der Waals surface area (Å²) in [7, 11) is -3.47. The van der Waals surface area contributed by atoms with Gasteiger partial charge in [-0.15, -0.1) is 11.3 Å². The van der Waals surface area contributed by atoms with Gasteiger partial charge in [0.15, 0.2) is 0 Å². The minimum absolute atomic E-state index is 0.146. The van der Waals surface area contributed by atoms with Crippen LogP contribution in [0.1, 0.15) is 37.2 Å². The molecule has 3 heterocycles. The van der Waals surface area contributed by atoms with Gasteiger partial charge >= 0.3 is 0 Å². The average Bonchev–Trinajstić information content (AvgIpc) is 3.15. The molecule has 1 aliphatic heterocycles. The number of nitrogens with zero attached hydrogens (tertiary/aromatic N) is 3. The predicted molar refractivity (Wildman–Crippen MR) is 92.7 cm³/mol. The number of hydrogen-bond donors (Lipinski definition) is 0. The molecule has 8 heteroatoms. The predicted octanol–water partition coefficient (Wildman–Crippen LogP) is 3.49. The van der Waals surface area contributed by atoms with Gasteiger partial charge in [0.25, 0.3) is 10.0 Å². The van der Waals surface area contributed by atoms with Gasteiger partial charge in [0.1, 0.15) is 10.0 Å². The van der Waals surface area contributed by atoms with Crippen molar-refractivity contribution in [3.05, 3.63) is 34.2 Å². The van der Waals surface area contributed by atoms with Crippen LogP contribution in [-0.2, 0) is 16.4 Å². The van der Waals surface area contributed by atoms with Crippen molar-refractivity contribution in [2.75, 3.05) is 13.1 Å². The van der Waals surface area contributed by atoms with Gasteiger partial charge in [-0.25, -0.2) is 13.4 Å². The molecule has 1 aliphatic rings. The molecule has 0 radical (unpaired) electrons. The third kappa shape index (κ3) is 3.20. The Kier molecular flexibility index (Phi) is 4.83. The Bertz CT molecular complexity index is 778. The summed E-state index contributed by atoms with van der Waals surface area (Å²) in [4.78, 5) is 4.35. The van der Waals surface area contributed by atoms with Crippen LogP contribution in [0.3, 0.4) is 0 Å². The fourth-order valence-electron chi connectivity index (χ4n) is 3.00. The number of rotatable bonds is 4. The van der Waals surface area contributed by atoms with Gasteiger partial charge in [0.2, 0.25) is 0 Å². The van der Waals surface area contributed by atoms with E-state index in [1.165, 1.54) is 0 Å². The third-order valence-corrected chi connectivity index (χ3v) is 8.12. The molecule has 0 aromatic carbocycles. The molecule has 0 saturated carbocycles. The number of thiophene rings is 1. The molecule has 1 unspecified atom stereocenters. The molecule has 2 aromatic rings. The van der Waals surface area contributed by atoms with Crippen LogP contribution >= 0.6 is 22.9 Å². The Balaban J connectivity index is 1.86. The van der Waals surface area contributed by atoms with Crippen molar-refractivity contribution < 1.29 is 8.42 Å². The van der Waals surface area contributed by atoms with Crippen molar-refractivity contribution in [2.45, 2.75) is 43.4 Å². The molecule has 1 atom stereocenters. The summed E-state index contributed by atoms with van der Waals surface area (Å²) in [6.07, 6.45) is 6.40. The smallest absolute Gasteiger partial charge is 0.252 e. The lowest BCUT2D eigenvalue weighted by atomic mass is 10.1. The van der Waals surface area contributed by atoms with E-state index in [-0.39, 0.29) is 6.04 Å². The van der Waals surface area contributed by atoms with Crippen LogP contribution in [0.4, 0.5) is 0 Å². The first-order valence-electron chi connectivity index (χ1n) is 7.71. The largest absolute Gasteiger partial charge is 0.331 e. The van der Waals surface area contributed by atoms with E-state index in [1.807, 2.05) is 13.1 Å². The van der Waals surface area contributed by atoms with E-state index in [4.69, 9.17) is 11.6 Å². The van der Waals surface area contributed by atoms with E-state index >= 15 is 0 Å². The van der Waals surface area contributed by atoms with E-state index < -0.39 is 10.0 Å². The topological polar surface area (TPSA) is 55.2 Å². The van der Waals surface area contributed by atoms with E-state index in [9.17, 15) is 8.42 Å². The Morgan fingerprint density at radius 1 is 1.48 bits per heavy atom. The molecule has 3 rings (SSSR count). The number of halogens is 1. The minimum Gasteiger partial charge on any atom is -0.331 e. The van der Waals surface area contributed by atoms with Crippen molar-refractivity contribution in [3.63, 3.8) is 0 Å². The SMILES string of the molecule is CCc1nccn1C1CCCN(S(=O)(=O)c2cc(C)c(Cl)s2)C1. The highest BCUT2D eigenvalue weighted by molar-refractivity contribution is 7.91. The Labute approximate surface area is 146 Å². The summed E-state index contributed by atoms with van der Waals surface area (Å²) in [6, 6.07) is 1.81. The lowest BCUT2D eigenvalue weighted by Crippen LogP contribution is -2.40. The van der Waals surface area contributed by atoms with Crippen LogP contribution in [0.2, 0.25) is 4.34 Å². The third-order valence-electron chi connectivity index (χ3n) is 4.25. The zero-order valence-corrected chi connectivity index (χ0v) is 15.6. The summed E-state index contributed by atoms with van der Waals surface area (Å²) < 4.78 is 30.3. The van der Waals surface area contributed by atoms with Gasteiger partial charge in [-0.3, -0.25) is 0 Å². The summed E-state index contributed by atoms with van der Waals surface area (Å²) >= 11 is 7.18. The van der Waals surface area contributed by atoms with Crippen LogP contribution in [0.15, 0.2) is 22.7 Å². The highest BCUT2D eigenvalue weighted by Gasteiger charge is 2.32. The van der Waals surface area contributed by atoms with Crippen LogP contribution in [0.5, 0.6) is 0 Å². The Morgan fingerprint density at radius 3 is 2.91 bits per heavy atom. The Morgan fingerprint density at radius 2 is 2.26 bits per heavy atom. The molecule has 2 aromatic heterocycles. The average molecular weight is 374 g/mol. The molecule has 1 fully saturated rings. The van der Waals surface area contributed by atoms with Gasteiger partial charge in [-0.05, 0) is 31.4 Å². The molecular formula is C15H20ClN3O2S2. The van der Waals surface area contributed by atoms with Gasteiger partial charge < -0.3 is 4.57 Å². The van der Waals surface area contributed by atoms with Crippen molar-refractivity contribution >= 4 is 33.0 Å². The lowest BCUT2D eigenvalue weighted by Gasteiger charge is -2.33. The van der Waals surface area contributed by atoms with Gasteiger partial charge in [-0.2, -0.15) is 4.31 Å². The highest BCUT2D eigenvalue weighted by atomic mass is 35.5. The zero-order valence-electron chi connectivity index (χ0n) is 13.2. The fraction of sp³-hybridized carbons (Fsp3) is 0.533. The number of hydrogen-bond acceptors (Lipinski definition) is 4. The maximum Gasteiger partial charge on any atom is 0.252 e. The monoisotopic (exact) mass is 373 g/mol. The first-order chi connectivity index (χ1) is 10.9. The molecule has 0 spiro atoms. The summed E-state index contributed by atoms with van der Waals surface area (Å²) in [5, 5.41) is 0. The van der Waals surface area contributed by atoms with Crippen molar-refractivity contribution in [1.82, 2.24) is 13.9 Å². The first-order valence-corrected chi connectivity index (χ1v) is 10.3. The van der Waals surface area contributed by atoms with Crippen molar-refractivity contribution in [3.8, 4) is 0 Å². The summed E-state index contributed by atoms with van der Waals surface area (Å²) in [5.74, 6) is 1.00. The molecule has 0 aliphatic carbocycles. The zero-order chi connectivity index (χ0) is 16.6. The fourth-order valence-corrected chi connectivity index (χ4v) is 6.38. The van der Waals surface area contributed by atoms with Gasteiger partial charge in [0, 0.05) is 37.9 Å². The normalized spacial score (nSPS) is 20.0. The van der Waals surface area contributed by atoms with Gasteiger partial charge in [-0.1, -0.05) is 18.5 Å². The first kappa shape index (κ1) is 17.0. The van der Waals surface area contributed by atoms with Crippen LogP contribution in [-0.4, -0.2) is 35.4 Å². The van der Waals surface area contributed by atoms with E-state index in [1.54, 1.807) is 16.6 Å². The number of sulfonamides is 1. The Hall–Kier alpha value is -0.890. The second kappa shape index (κ2) is 6.55. The van der Waals surface area contributed by atoms with Crippen molar-refractivity contribution in [1.29, 1.82) is 0 Å². The van der Waals surface area contributed by atoms with Gasteiger partial charge in [0.05, 0.1) is 4.34 Å². The van der Waals surface area contributed by atoms with E-state index in [0.717, 1.165) is 42.0 Å². The van der Waals surface area contributed by atoms with Crippen LogP contribution in [0.25, 0.3) is 0 Å². The lowest BCUT2D eigenvalue weighted by molar-refractivity contribution is 0.263. The molecule has 23 heavy (non-hydrogen) atoms. The van der Waals surface area contributed by atoms with E-state index in [2.05, 4.69) is 16.5 Å². The van der Waals surface area contributed by atoms with E-state index in [0.29, 0.717) is 21.6 Å². The number of aromatic nitrogens is 2. The maximum absolute atomic E-state index is 12.9. The van der Waals surface area contributed by atoms with Crippen LogP contribution in [0, 0.1) is 6.92 Å². The van der Waals surface area contributed by atoms with Crippen molar-refractivity contribution in [2.24, 2.45) is 0 Å². The molecule has 5 nitrogen and oxygen atoms in total. The molecule has 0 N–H and O–H groups in total. The second-order valence-electron chi connectivity index (χ2n) is 5.79. The molecule has 1 saturated heterocycles. The highest BCUT2D eigenvalue weighted by Crippen LogP contribution is 2.34. The number of aryl methyl sites for hydroxylation is 2. The summed E-state index contributed by atoms with van der Waals surface area (Å²) in [6.45, 7) is 4.94. The summed E-state index contributed by atoms with van der Waals surface area (Å²) in [5.41, 5.74) is 0.812. The molecule has 126 valence electrons. The number of imidazole rings is 1. The molecule has 0 bridgehead atoms. The number of piperidine rings is 1. The standard InChI is InChI=1S/C15H20ClN3O2S2/c1-3-13-17-6-8-19(13)12-5-4-7-18(10-12)23(20,21)14-9-11(2)15(16)22-14/h6,8-9,12H,3-5,7,10H2,1-2H3. The minimum atomic E-state index is -3.47. The van der Waals surface area contributed by atoms with Crippen LogP contribution < -0.4 is 0 Å².